The number of fused-ring (bicyclic) bond motifs is 2. The molecule has 146 valence electrons. The summed E-state index contributed by atoms with van der Waals surface area (Å²) in [5.74, 6) is 0.915. The van der Waals surface area contributed by atoms with Crippen molar-refractivity contribution in [2.24, 2.45) is 0 Å². The average molecular weight is 377 g/mol. The highest BCUT2D eigenvalue weighted by atomic mass is 16.6. The Bertz CT molecular complexity index is 874. The van der Waals surface area contributed by atoms with Gasteiger partial charge in [0.1, 0.15) is 5.75 Å². The minimum Gasteiger partial charge on any atom is -0.477 e. The van der Waals surface area contributed by atoms with E-state index in [2.05, 4.69) is 52.7 Å². The Morgan fingerprint density at radius 1 is 1.00 bits per heavy atom. The topological polar surface area (TPSA) is 37.0 Å². The van der Waals surface area contributed by atoms with Gasteiger partial charge in [0.25, 0.3) is 0 Å². The van der Waals surface area contributed by atoms with E-state index in [0.29, 0.717) is 6.61 Å². The molecule has 2 heterocycles. The SMILES string of the molecule is CN1CCN(CCONC2=C3CC3(c3ccccc3)Oc3ccccc32)CC1. The smallest absolute Gasteiger partial charge is 0.162 e. The van der Waals surface area contributed by atoms with Gasteiger partial charge in [-0.2, -0.15) is 0 Å². The van der Waals surface area contributed by atoms with Gasteiger partial charge in [-0.1, -0.05) is 42.5 Å². The number of nitrogens with zero attached hydrogens (tertiary/aromatic N) is 2. The summed E-state index contributed by atoms with van der Waals surface area (Å²) in [5.41, 5.74) is 7.58. The van der Waals surface area contributed by atoms with Crippen molar-refractivity contribution >= 4 is 5.70 Å². The number of hydroxylamine groups is 1. The standard InChI is InChI=1S/C23H27N3O2/c1-25-11-13-26(14-12-25)15-16-27-24-22-19-9-5-6-10-21(19)28-23(17-20(22)23)18-7-3-2-4-8-18/h2-10,24H,11-17H2,1H3. The lowest BCUT2D eigenvalue weighted by atomic mass is 10.0. The molecule has 2 fully saturated rings. The number of rotatable bonds is 6. The lowest BCUT2D eigenvalue weighted by molar-refractivity contribution is 0.0454. The second-order valence-electron chi connectivity index (χ2n) is 7.92. The molecule has 2 aromatic carbocycles. The summed E-state index contributed by atoms with van der Waals surface area (Å²) in [7, 11) is 2.18. The van der Waals surface area contributed by atoms with Gasteiger partial charge in [0, 0.05) is 55.8 Å². The molecule has 5 nitrogen and oxygen atoms in total. The molecule has 2 aromatic rings. The van der Waals surface area contributed by atoms with Crippen LogP contribution in [0.2, 0.25) is 0 Å². The summed E-state index contributed by atoms with van der Waals surface area (Å²) in [6.45, 7) is 6.11. The van der Waals surface area contributed by atoms with E-state index < -0.39 is 0 Å². The van der Waals surface area contributed by atoms with Crippen LogP contribution in [0.4, 0.5) is 0 Å². The normalized spacial score (nSPS) is 24.3. The second kappa shape index (κ2) is 7.24. The van der Waals surface area contributed by atoms with E-state index in [4.69, 9.17) is 9.57 Å². The summed E-state index contributed by atoms with van der Waals surface area (Å²) in [6.07, 6.45) is 0.899. The van der Waals surface area contributed by atoms with Gasteiger partial charge in [0.15, 0.2) is 5.60 Å². The molecule has 2 aliphatic heterocycles. The Kier molecular flexibility index (Phi) is 4.59. The van der Waals surface area contributed by atoms with E-state index in [0.717, 1.165) is 56.2 Å². The molecular weight excluding hydrogens is 350 g/mol. The first-order valence-electron chi connectivity index (χ1n) is 10.1. The van der Waals surface area contributed by atoms with Crippen molar-refractivity contribution in [1.82, 2.24) is 15.3 Å². The predicted molar refractivity (Wildman–Crippen MR) is 110 cm³/mol. The lowest BCUT2D eigenvalue weighted by Gasteiger charge is -2.32. The fraction of sp³-hybridized carbons (Fsp3) is 0.391. The zero-order chi connectivity index (χ0) is 19.0. The highest BCUT2D eigenvalue weighted by Crippen LogP contribution is 2.60. The molecule has 5 rings (SSSR count). The largest absolute Gasteiger partial charge is 0.477 e. The fourth-order valence-electron chi connectivity index (χ4n) is 4.23. The number of hydrogen-bond donors (Lipinski definition) is 1. The van der Waals surface area contributed by atoms with Crippen LogP contribution >= 0.6 is 0 Å². The van der Waals surface area contributed by atoms with Gasteiger partial charge in [-0.15, -0.1) is 0 Å². The summed E-state index contributed by atoms with van der Waals surface area (Å²) < 4.78 is 6.46. The minimum absolute atomic E-state index is 0.335. The molecule has 0 spiro atoms. The van der Waals surface area contributed by atoms with E-state index in [1.54, 1.807) is 0 Å². The zero-order valence-electron chi connectivity index (χ0n) is 16.4. The van der Waals surface area contributed by atoms with Crippen LogP contribution in [0.3, 0.4) is 0 Å². The number of nitrogens with one attached hydrogen (secondary N) is 1. The molecule has 1 saturated carbocycles. The molecule has 5 heteroatoms. The molecule has 1 saturated heterocycles. The highest BCUT2D eigenvalue weighted by molar-refractivity contribution is 5.80. The molecule has 1 atom stereocenters. The van der Waals surface area contributed by atoms with E-state index >= 15 is 0 Å². The quantitative estimate of drug-likeness (QED) is 0.619. The molecular formula is C23H27N3O2. The summed E-state index contributed by atoms with van der Waals surface area (Å²) in [6, 6.07) is 18.7. The van der Waals surface area contributed by atoms with E-state index in [-0.39, 0.29) is 5.60 Å². The number of piperazine rings is 1. The number of hydrogen-bond acceptors (Lipinski definition) is 5. The predicted octanol–water partition coefficient (Wildman–Crippen LogP) is 2.86. The van der Waals surface area contributed by atoms with Crippen LogP contribution in [0, 0.1) is 0 Å². The van der Waals surface area contributed by atoms with Crippen LogP contribution in [0.1, 0.15) is 17.5 Å². The van der Waals surface area contributed by atoms with Crippen molar-refractivity contribution < 1.29 is 9.57 Å². The average Bonchev–Trinajstić information content (AvgIpc) is 3.48. The first-order chi connectivity index (χ1) is 13.8. The van der Waals surface area contributed by atoms with Crippen molar-refractivity contribution in [2.75, 3.05) is 46.4 Å². The van der Waals surface area contributed by atoms with Crippen LogP contribution < -0.4 is 10.2 Å². The first-order valence-corrected chi connectivity index (χ1v) is 10.1. The van der Waals surface area contributed by atoms with Gasteiger partial charge < -0.3 is 9.64 Å². The first kappa shape index (κ1) is 17.7. The Hall–Kier alpha value is -2.34. The highest BCUT2D eigenvalue weighted by Gasteiger charge is 2.58. The Morgan fingerprint density at radius 3 is 2.57 bits per heavy atom. The molecule has 0 amide bonds. The van der Waals surface area contributed by atoms with Gasteiger partial charge >= 0.3 is 0 Å². The molecule has 1 aliphatic carbocycles. The third-order valence-electron chi connectivity index (χ3n) is 6.05. The fourth-order valence-corrected chi connectivity index (χ4v) is 4.23. The minimum atomic E-state index is -0.335. The Labute approximate surface area is 166 Å². The van der Waals surface area contributed by atoms with Gasteiger partial charge in [0.05, 0.1) is 12.3 Å². The van der Waals surface area contributed by atoms with Gasteiger partial charge in [0.2, 0.25) is 0 Å². The lowest BCUT2D eigenvalue weighted by Crippen LogP contribution is -2.45. The zero-order valence-corrected chi connectivity index (χ0v) is 16.4. The van der Waals surface area contributed by atoms with Crippen molar-refractivity contribution in [2.45, 2.75) is 12.0 Å². The second-order valence-corrected chi connectivity index (χ2v) is 7.92. The maximum Gasteiger partial charge on any atom is 0.162 e. The summed E-state index contributed by atoms with van der Waals surface area (Å²) >= 11 is 0. The van der Waals surface area contributed by atoms with Gasteiger partial charge in [-0.3, -0.25) is 15.2 Å². The monoisotopic (exact) mass is 377 g/mol. The third-order valence-corrected chi connectivity index (χ3v) is 6.05. The van der Waals surface area contributed by atoms with Crippen LogP contribution in [-0.2, 0) is 10.4 Å². The van der Waals surface area contributed by atoms with Crippen molar-refractivity contribution in [1.29, 1.82) is 0 Å². The number of ether oxygens (including phenoxy) is 1. The van der Waals surface area contributed by atoms with E-state index in [1.165, 1.54) is 11.1 Å². The maximum absolute atomic E-state index is 6.46. The van der Waals surface area contributed by atoms with Crippen LogP contribution in [-0.4, -0.2) is 56.2 Å². The Balaban J connectivity index is 1.30. The molecule has 0 aromatic heterocycles. The van der Waals surface area contributed by atoms with E-state index in [1.807, 2.05) is 24.3 Å². The maximum atomic E-state index is 6.46. The molecule has 0 bridgehead atoms. The van der Waals surface area contributed by atoms with Gasteiger partial charge in [-0.25, -0.2) is 0 Å². The van der Waals surface area contributed by atoms with Crippen LogP contribution in [0.15, 0.2) is 60.2 Å². The van der Waals surface area contributed by atoms with E-state index in [9.17, 15) is 0 Å². The summed E-state index contributed by atoms with van der Waals surface area (Å²) in [4.78, 5) is 10.8. The number of likely N-dealkylation sites (N-methyl/N-ethyl adjacent to an activating group) is 1. The van der Waals surface area contributed by atoms with Gasteiger partial charge in [-0.05, 0) is 19.2 Å². The molecule has 1 N–H and O–H groups in total. The van der Waals surface area contributed by atoms with Crippen molar-refractivity contribution in [3.8, 4) is 5.75 Å². The van der Waals surface area contributed by atoms with Crippen LogP contribution in [0.5, 0.6) is 5.75 Å². The number of para-hydroxylation sites is 1. The molecule has 0 radical (unpaired) electrons. The molecule has 28 heavy (non-hydrogen) atoms. The summed E-state index contributed by atoms with van der Waals surface area (Å²) in [5, 5.41) is 0. The number of benzene rings is 2. The Morgan fingerprint density at radius 2 is 1.75 bits per heavy atom. The van der Waals surface area contributed by atoms with Crippen molar-refractivity contribution in [3.63, 3.8) is 0 Å². The van der Waals surface area contributed by atoms with Crippen LogP contribution in [0.25, 0.3) is 5.70 Å². The molecule has 3 aliphatic rings. The third kappa shape index (κ3) is 3.20. The molecule has 1 unspecified atom stereocenters. The van der Waals surface area contributed by atoms with Crippen molar-refractivity contribution in [3.05, 3.63) is 71.3 Å².